The Balaban J connectivity index is 2.45. The van der Waals surface area contributed by atoms with Crippen molar-refractivity contribution in [1.29, 1.82) is 0 Å². The average molecular weight is 314 g/mol. The summed E-state index contributed by atoms with van der Waals surface area (Å²) in [5, 5.41) is 0.947. The molecule has 0 unspecified atom stereocenters. The van der Waals surface area contributed by atoms with Crippen molar-refractivity contribution in [3.8, 4) is 11.5 Å². The lowest BCUT2D eigenvalue weighted by Gasteiger charge is -1.99. The third-order valence-corrected chi connectivity index (χ3v) is 3.04. The molecule has 0 aliphatic carbocycles. The van der Waals surface area contributed by atoms with Crippen LogP contribution < -0.4 is 0 Å². The van der Waals surface area contributed by atoms with Crippen LogP contribution in [0.5, 0.6) is 0 Å². The van der Waals surface area contributed by atoms with Crippen LogP contribution in [0.25, 0.3) is 11.5 Å². The van der Waals surface area contributed by atoms with Gasteiger partial charge in [0.1, 0.15) is 0 Å². The minimum atomic E-state index is -0.517. The molecule has 20 heavy (non-hydrogen) atoms. The van der Waals surface area contributed by atoms with Crippen molar-refractivity contribution in [1.82, 2.24) is 4.98 Å². The molecule has 0 saturated heterocycles. The molecule has 0 saturated carbocycles. The first kappa shape index (κ1) is 14.9. The van der Waals surface area contributed by atoms with E-state index in [2.05, 4.69) is 4.98 Å². The first-order valence-electron chi connectivity index (χ1n) is 6.18. The van der Waals surface area contributed by atoms with Crippen LogP contribution in [-0.2, 0) is 11.2 Å². The van der Waals surface area contributed by atoms with Gasteiger partial charge in [0.15, 0.2) is 0 Å². The van der Waals surface area contributed by atoms with Crippen molar-refractivity contribution < 1.29 is 13.9 Å². The molecule has 0 fully saturated rings. The number of benzene rings is 1. The van der Waals surface area contributed by atoms with Crippen LogP contribution in [0, 0.1) is 0 Å². The van der Waals surface area contributed by atoms with E-state index in [1.165, 1.54) is 0 Å². The normalized spacial score (nSPS) is 10.6. The molecule has 0 aliphatic rings. The zero-order chi connectivity index (χ0) is 14.7. The number of carbonyl (C=O) groups excluding carboxylic acids is 1. The van der Waals surface area contributed by atoms with E-state index in [-0.39, 0.29) is 12.4 Å². The van der Waals surface area contributed by atoms with Crippen LogP contribution >= 0.6 is 23.2 Å². The van der Waals surface area contributed by atoms with E-state index >= 15 is 0 Å². The lowest BCUT2D eigenvalue weighted by molar-refractivity contribution is 0.0489. The molecule has 0 atom stereocenters. The Kier molecular flexibility index (Phi) is 4.68. The molecule has 0 amide bonds. The number of nitrogens with zero attached hydrogens (tertiary/aromatic N) is 1. The largest absolute Gasteiger partial charge is 0.460 e. The standard InChI is InChI=1S/C14H13Cl2NO3/c1-3-11-12(14(18)19-4-2)20-13(17-11)8-5-9(15)7-10(16)6-8/h5-7H,3-4H2,1-2H3. The lowest BCUT2D eigenvalue weighted by atomic mass is 10.2. The molecule has 1 aromatic heterocycles. The van der Waals surface area contributed by atoms with Gasteiger partial charge < -0.3 is 9.15 Å². The molecule has 1 heterocycles. The fraction of sp³-hybridized carbons (Fsp3) is 0.286. The van der Waals surface area contributed by atoms with Crippen LogP contribution in [0.4, 0.5) is 0 Å². The predicted molar refractivity (Wildman–Crippen MR) is 77.3 cm³/mol. The molecule has 1 aromatic carbocycles. The number of esters is 1. The van der Waals surface area contributed by atoms with Gasteiger partial charge in [-0.25, -0.2) is 9.78 Å². The number of aromatic nitrogens is 1. The smallest absolute Gasteiger partial charge is 0.376 e. The summed E-state index contributed by atoms with van der Waals surface area (Å²) in [6.07, 6.45) is 0.561. The monoisotopic (exact) mass is 313 g/mol. The van der Waals surface area contributed by atoms with Gasteiger partial charge in [-0.2, -0.15) is 0 Å². The Labute approximate surface area is 126 Å². The van der Waals surface area contributed by atoms with Gasteiger partial charge in [-0.05, 0) is 31.5 Å². The summed E-state index contributed by atoms with van der Waals surface area (Å²) in [6.45, 7) is 3.90. The first-order valence-corrected chi connectivity index (χ1v) is 6.94. The Bertz CT molecular complexity index is 617. The van der Waals surface area contributed by atoms with E-state index in [9.17, 15) is 4.79 Å². The molecule has 0 radical (unpaired) electrons. The highest BCUT2D eigenvalue weighted by Crippen LogP contribution is 2.28. The number of aryl methyl sites for hydroxylation is 1. The van der Waals surface area contributed by atoms with Crippen LogP contribution in [0.15, 0.2) is 22.6 Å². The maximum absolute atomic E-state index is 11.8. The van der Waals surface area contributed by atoms with Gasteiger partial charge in [0.05, 0.1) is 12.3 Å². The van der Waals surface area contributed by atoms with Gasteiger partial charge in [0, 0.05) is 15.6 Å². The molecule has 2 rings (SSSR count). The van der Waals surface area contributed by atoms with Crippen LogP contribution in [0.1, 0.15) is 30.1 Å². The van der Waals surface area contributed by atoms with Gasteiger partial charge in [0.2, 0.25) is 11.7 Å². The Morgan fingerprint density at radius 1 is 1.25 bits per heavy atom. The van der Waals surface area contributed by atoms with Gasteiger partial charge in [-0.3, -0.25) is 0 Å². The quantitative estimate of drug-likeness (QED) is 0.786. The summed E-state index contributed by atoms with van der Waals surface area (Å²) in [4.78, 5) is 16.1. The third kappa shape index (κ3) is 3.14. The summed E-state index contributed by atoms with van der Waals surface area (Å²) < 4.78 is 10.5. The van der Waals surface area contributed by atoms with Crippen molar-refractivity contribution in [2.45, 2.75) is 20.3 Å². The number of carbonyl (C=O) groups is 1. The van der Waals surface area contributed by atoms with E-state index in [4.69, 9.17) is 32.4 Å². The molecule has 6 heteroatoms. The Morgan fingerprint density at radius 2 is 1.90 bits per heavy atom. The molecule has 2 aromatic rings. The number of oxazole rings is 1. The zero-order valence-electron chi connectivity index (χ0n) is 11.1. The lowest BCUT2D eigenvalue weighted by Crippen LogP contribution is -2.05. The van der Waals surface area contributed by atoms with Crippen molar-refractivity contribution >= 4 is 29.2 Å². The molecular formula is C14H13Cl2NO3. The fourth-order valence-electron chi connectivity index (χ4n) is 1.75. The molecular weight excluding hydrogens is 301 g/mol. The summed E-state index contributed by atoms with van der Waals surface area (Å²) in [6, 6.07) is 4.96. The van der Waals surface area contributed by atoms with Gasteiger partial charge in [0.25, 0.3) is 0 Å². The van der Waals surface area contributed by atoms with Gasteiger partial charge in [-0.15, -0.1) is 0 Å². The van der Waals surface area contributed by atoms with E-state index < -0.39 is 5.97 Å². The molecule has 106 valence electrons. The third-order valence-electron chi connectivity index (χ3n) is 2.60. The highest BCUT2D eigenvalue weighted by Gasteiger charge is 2.21. The zero-order valence-corrected chi connectivity index (χ0v) is 12.6. The van der Waals surface area contributed by atoms with Gasteiger partial charge in [-0.1, -0.05) is 30.1 Å². The number of ether oxygens (including phenoxy) is 1. The minimum Gasteiger partial charge on any atom is -0.460 e. The molecule has 0 N–H and O–H groups in total. The molecule has 0 bridgehead atoms. The van der Waals surface area contributed by atoms with E-state index in [0.717, 1.165) is 0 Å². The van der Waals surface area contributed by atoms with Crippen LogP contribution in [-0.4, -0.2) is 17.6 Å². The van der Waals surface area contributed by atoms with E-state index in [1.807, 2.05) is 6.92 Å². The predicted octanol–water partition coefficient (Wildman–Crippen LogP) is 4.39. The topological polar surface area (TPSA) is 52.3 Å². The number of hydrogen-bond acceptors (Lipinski definition) is 4. The fourth-order valence-corrected chi connectivity index (χ4v) is 2.27. The first-order chi connectivity index (χ1) is 9.55. The van der Waals surface area contributed by atoms with Crippen molar-refractivity contribution in [3.63, 3.8) is 0 Å². The van der Waals surface area contributed by atoms with E-state index in [0.29, 0.717) is 33.6 Å². The second-order valence-corrected chi connectivity index (χ2v) is 4.90. The Hall–Kier alpha value is -1.52. The molecule has 0 aliphatic heterocycles. The van der Waals surface area contributed by atoms with Crippen molar-refractivity contribution in [2.75, 3.05) is 6.61 Å². The van der Waals surface area contributed by atoms with E-state index in [1.54, 1.807) is 25.1 Å². The second kappa shape index (κ2) is 6.29. The average Bonchev–Trinajstić information content (AvgIpc) is 2.82. The highest BCUT2D eigenvalue weighted by atomic mass is 35.5. The van der Waals surface area contributed by atoms with Crippen molar-refractivity contribution in [3.05, 3.63) is 39.7 Å². The summed E-state index contributed by atoms with van der Waals surface area (Å²) >= 11 is 11.9. The maximum Gasteiger partial charge on any atom is 0.376 e. The SMILES string of the molecule is CCOC(=O)c1oc(-c2cc(Cl)cc(Cl)c2)nc1CC. The number of hydrogen-bond donors (Lipinski definition) is 0. The maximum atomic E-state index is 11.8. The second-order valence-electron chi connectivity index (χ2n) is 4.03. The summed E-state index contributed by atoms with van der Waals surface area (Å²) in [7, 11) is 0. The van der Waals surface area contributed by atoms with Crippen LogP contribution in [0.2, 0.25) is 10.0 Å². The van der Waals surface area contributed by atoms with Gasteiger partial charge >= 0.3 is 5.97 Å². The summed E-state index contributed by atoms with van der Waals surface area (Å²) in [5.41, 5.74) is 1.17. The van der Waals surface area contributed by atoms with Crippen LogP contribution in [0.3, 0.4) is 0 Å². The van der Waals surface area contributed by atoms with Crippen molar-refractivity contribution in [2.24, 2.45) is 0 Å². The number of halogens is 2. The highest BCUT2D eigenvalue weighted by molar-refractivity contribution is 6.35. The Morgan fingerprint density at radius 3 is 2.45 bits per heavy atom. The number of rotatable bonds is 4. The summed E-state index contributed by atoms with van der Waals surface area (Å²) in [5.74, 6) is -0.0917. The minimum absolute atomic E-state index is 0.125. The molecule has 4 nitrogen and oxygen atoms in total. The molecule has 0 spiro atoms.